The number of hydrogen-bond acceptors (Lipinski definition) is 3. The average Bonchev–Trinajstić information content (AvgIpc) is 2.19. The van der Waals surface area contributed by atoms with Gasteiger partial charge >= 0.3 is 0 Å². The highest BCUT2D eigenvalue weighted by Crippen LogP contribution is 2.20. The first kappa shape index (κ1) is 13.0. The van der Waals surface area contributed by atoms with Gasteiger partial charge in [0.15, 0.2) is 0 Å². The van der Waals surface area contributed by atoms with Crippen LogP contribution in [0, 0.1) is 17.1 Å². The van der Waals surface area contributed by atoms with Crippen molar-refractivity contribution in [3.05, 3.63) is 35.1 Å². The first-order chi connectivity index (χ1) is 7.44. The number of benzene rings is 1. The molecule has 0 unspecified atom stereocenters. The molecule has 4 heteroatoms. The Labute approximate surface area is 99.6 Å². The summed E-state index contributed by atoms with van der Waals surface area (Å²) >= 11 is 1.57. The molecule has 0 aliphatic heterocycles. The second kappa shape index (κ2) is 5.33. The van der Waals surface area contributed by atoms with E-state index in [-0.39, 0.29) is 11.1 Å². The third-order valence-electron chi connectivity index (χ3n) is 1.93. The Balaban J connectivity index is 2.65. The van der Waals surface area contributed by atoms with Gasteiger partial charge < -0.3 is 5.73 Å². The molecule has 2 N–H and O–H groups in total. The Kier molecular flexibility index (Phi) is 4.34. The normalized spacial score (nSPS) is 11.2. The van der Waals surface area contributed by atoms with Crippen LogP contribution in [0.4, 0.5) is 4.39 Å². The fourth-order valence-electron chi connectivity index (χ4n) is 1.20. The van der Waals surface area contributed by atoms with Crippen molar-refractivity contribution in [2.45, 2.75) is 25.1 Å². The maximum absolute atomic E-state index is 13.6. The fraction of sp³-hybridized carbons (Fsp3) is 0.417. The number of nitrogens with two attached hydrogens (primary N) is 1. The Morgan fingerprint density at radius 1 is 1.50 bits per heavy atom. The van der Waals surface area contributed by atoms with Crippen LogP contribution in [0.1, 0.15) is 25.0 Å². The lowest BCUT2D eigenvalue weighted by Crippen LogP contribution is -2.34. The highest BCUT2D eigenvalue weighted by Gasteiger charge is 2.12. The van der Waals surface area contributed by atoms with Crippen molar-refractivity contribution >= 4 is 11.8 Å². The predicted octanol–water partition coefficient (Wildman–Crippen LogP) is 2.67. The molecule has 86 valence electrons. The molecule has 0 radical (unpaired) electrons. The van der Waals surface area contributed by atoms with E-state index in [4.69, 9.17) is 11.0 Å². The average molecular weight is 238 g/mol. The molecule has 1 aromatic carbocycles. The van der Waals surface area contributed by atoms with Gasteiger partial charge in [0, 0.05) is 17.0 Å². The summed E-state index contributed by atoms with van der Waals surface area (Å²) in [6.45, 7) is 3.87. The van der Waals surface area contributed by atoms with Gasteiger partial charge in [-0.15, -0.1) is 0 Å². The molecule has 0 amide bonds. The molecule has 1 aromatic rings. The zero-order chi connectivity index (χ0) is 12.2. The molecule has 1 rings (SSSR count). The highest BCUT2D eigenvalue weighted by molar-refractivity contribution is 7.98. The fourth-order valence-corrected chi connectivity index (χ4v) is 2.27. The Hall–Kier alpha value is -1.05. The van der Waals surface area contributed by atoms with Gasteiger partial charge in [-0.05, 0) is 25.5 Å². The maximum Gasteiger partial charge on any atom is 0.144 e. The van der Waals surface area contributed by atoms with E-state index in [0.29, 0.717) is 11.3 Å². The van der Waals surface area contributed by atoms with Crippen molar-refractivity contribution < 1.29 is 4.39 Å². The third kappa shape index (κ3) is 3.84. The molecule has 0 heterocycles. The van der Waals surface area contributed by atoms with E-state index in [2.05, 4.69) is 0 Å². The number of thioether (sulfide) groups is 1. The van der Waals surface area contributed by atoms with Crippen LogP contribution in [0.2, 0.25) is 0 Å². The van der Waals surface area contributed by atoms with Crippen molar-refractivity contribution in [3.63, 3.8) is 0 Å². The van der Waals surface area contributed by atoms with Crippen LogP contribution in [0.15, 0.2) is 18.2 Å². The van der Waals surface area contributed by atoms with Crippen molar-refractivity contribution in [2.75, 3.05) is 5.75 Å². The quantitative estimate of drug-likeness (QED) is 0.877. The second-order valence-electron chi connectivity index (χ2n) is 4.37. The van der Waals surface area contributed by atoms with Crippen LogP contribution in [-0.4, -0.2) is 11.3 Å². The molecular formula is C12H15FN2S. The molecule has 0 spiro atoms. The number of halogens is 1. The van der Waals surface area contributed by atoms with E-state index in [9.17, 15) is 4.39 Å². The van der Waals surface area contributed by atoms with E-state index < -0.39 is 5.82 Å². The summed E-state index contributed by atoms with van der Waals surface area (Å²) in [5.41, 5.74) is 6.24. The molecule has 16 heavy (non-hydrogen) atoms. The smallest absolute Gasteiger partial charge is 0.144 e. The van der Waals surface area contributed by atoms with Gasteiger partial charge in [-0.25, -0.2) is 4.39 Å². The van der Waals surface area contributed by atoms with Gasteiger partial charge in [0.2, 0.25) is 0 Å². The number of nitrogens with zero attached hydrogens (tertiary/aromatic N) is 1. The van der Waals surface area contributed by atoms with Crippen LogP contribution < -0.4 is 5.73 Å². The summed E-state index contributed by atoms with van der Waals surface area (Å²) < 4.78 is 13.6. The molecule has 0 aliphatic carbocycles. The van der Waals surface area contributed by atoms with Gasteiger partial charge in [-0.3, -0.25) is 0 Å². The van der Waals surface area contributed by atoms with Crippen LogP contribution in [0.3, 0.4) is 0 Å². The summed E-state index contributed by atoms with van der Waals surface area (Å²) in [4.78, 5) is 0. The lowest BCUT2D eigenvalue weighted by Gasteiger charge is -2.17. The van der Waals surface area contributed by atoms with Crippen molar-refractivity contribution in [1.82, 2.24) is 0 Å². The lowest BCUT2D eigenvalue weighted by atomic mass is 10.1. The van der Waals surface area contributed by atoms with E-state index in [0.717, 1.165) is 5.75 Å². The van der Waals surface area contributed by atoms with E-state index >= 15 is 0 Å². The van der Waals surface area contributed by atoms with Gasteiger partial charge in [0.05, 0.1) is 5.56 Å². The molecule has 0 fully saturated rings. The summed E-state index contributed by atoms with van der Waals surface area (Å²) in [6.07, 6.45) is 0. The minimum atomic E-state index is -0.410. The topological polar surface area (TPSA) is 49.8 Å². The number of rotatable bonds is 4. The van der Waals surface area contributed by atoms with Crippen molar-refractivity contribution in [3.8, 4) is 6.07 Å². The first-order valence-electron chi connectivity index (χ1n) is 4.98. The Morgan fingerprint density at radius 3 is 2.75 bits per heavy atom. The monoisotopic (exact) mass is 238 g/mol. The SMILES string of the molecule is CC(C)(N)CSCc1cccc(C#N)c1F. The Bertz CT molecular complexity index is 404. The van der Waals surface area contributed by atoms with E-state index in [1.165, 1.54) is 6.07 Å². The standard InChI is InChI=1S/C12H15FN2S/c1-12(2,15)8-16-7-10-5-3-4-9(6-14)11(10)13/h3-5H,7-8,15H2,1-2H3. The maximum atomic E-state index is 13.6. The van der Waals surface area contributed by atoms with Crippen molar-refractivity contribution in [1.29, 1.82) is 5.26 Å². The molecule has 0 atom stereocenters. The van der Waals surface area contributed by atoms with Gasteiger partial charge in [-0.1, -0.05) is 12.1 Å². The van der Waals surface area contributed by atoms with Crippen molar-refractivity contribution in [2.24, 2.45) is 5.73 Å². The molecular weight excluding hydrogens is 223 g/mol. The van der Waals surface area contributed by atoms with Crippen LogP contribution in [0.25, 0.3) is 0 Å². The molecule has 0 saturated carbocycles. The molecule has 0 aliphatic rings. The minimum Gasteiger partial charge on any atom is -0.325 e. The third-order valence-corrected chi connectivity index (χ3v) is 3.39. The molecule has 0 aromatic heterocycles. The zero-order valence-corrected chi connectivity index (χ0v) is 10.3. The van der Waals surface area contributed by atoms with E-state index in [1.807, 2.05) is 19.9 Å². The van der Waals surface area contributed by atoms with Gasteiger partial charge in [0.25, 0.3) is 0 Å². The number of nitriles is 1. The molecule has 2 nitrogen and oxygen atoms in total. The number of hydrogen-bond donors (Lipinski definition) is 1. The van der Waals surface area contributed by atoms with Crippen LogP contribution in [0.5, 0.6) is 0 Å². The second-order valence-corrected chi connectivity index (χ2v) is 5.36. The van der Waals surface area contributed by atoms with Gasteiger partial charge in [-0.2, -0.15) is 17.0 Å². The molecule has 0 saturated heterocycles. The summed E-state index contributed by atoms with van der Waals surface area (Å²) in [5.74, 6) is 0.887. The van der Waals surface area contributed by atoms with Crippen LogP contribution >= 0.6 is 11.8 Å². The Morgan fingerprint density at radius 2 is 2.19 bits per heavy atom. The summed E-state index contributed by atoms with van der Waals surface area (Å²) in [7, 11) is 0. The molecule has 0 bridgehead atoms. The largest absolute Gasteiger partial charge is 0.325 e. The van der Waals surface area contributed by atoms with Crippen LogP contribution in [-0.2, 0) is 5.75 Å². The summed E-state index contributed by atoms with van der Waals surface area (Å²) in [6, 6.07) is 6.72. The first-order valence-corrected chi connectivity index (χ1v) is 6.13. The van der Waals surface area contributed by atoms with E-state index in [1.54, 1.807) is 23.9 Å². The lowest BCUT2D eigenvalue weighted by molar-refractivity contribution is 0.590. The zero-order valence-electron chi connectivity index (χ0n) is 9.46. The highest BCUT2D eigenvalue weighted by atomic mass is 32.2. The predicted molar refractivity (Wildman–Crippen MR) is 65.5 cm³/mol. The minimum absolute atomic E-state index is 0.102. The summed E-state index contributed by atoms with van der Waals surface area (Å²) in [5, 5.41) is 8.68. The van der Waals surface area contributed by atoms with Gasteiger partial charge in [0.1, 0.15) is 11.9 Å².